The Morgan fingerprint density at radius 2 is 2.10 bits per heavy atom. The highest BCUT2D eigenvalue weighted by Crippen LogP contribution is 2.30. The second kappa shape index (κ2) is 5.54. The van der Waals surface area contributed by atoms with Crippen molar-refractivity contribution >= 4 is 34.0 Å². The van der Waals surface area contributed by atoms with E-state index in [2.05, 4.69) is 46.6 Å². The predicted molar refractivity (Wildman–Crippen MR) is 84.6 cm³/mol. The molecule has 0 aliphatic carbocycles. The molecule has 0 aliphatic rings. The third-order valence-electron chi connectivity index (χ3n) is 3.46. The molecule has 0 amide bonds. The summed E-state index contributed by atoms with van der Waals surface area (Å²) in [7, 11) is 0. The van der Waals surface area contributed by atoms with Crippen LogP contribution in [0.2, 0.25) is 0 Å². The van der Waals surface area contributed by atoms with Crippen LogP contribution in [0.4, 0.5) is 0 Å². The number of hydrogen-bond acceptors (Lipinski definition) is 3. The topological polar surface area (TPSA) is 30.7 Å². The fourth-order valence-electron chi connectivity index (χ4n) is 2.56. The van der Waals surface area contributed by atoms with Crippen molar-refractivity contribution in [3.8, 4) is 0 Å². The van der Waals surface area contributed by atoms with Crippen molar-refractivity contribution in [3.05, 3.63) is 46.2 Å². The van der Waals surface area contributed by atoms with E-state index < -0.39 is 0 Å². The number of benzene rings is 1. The summed E-state index contributed by atoms with van der Waals surface area (Å²) in [5.41, 5.74) is 3.16. The number of rotatable bonds is 4. The number of alkyl halides is 1. The number of hydrogen-bond donors (Lipinski definition) is 0. The number of fused-ring (bicyclic) bond motifs is 1. The Balaban J connectivity index is 2.13. The summed E-state index contributed by atoms with van der Waals surface area (Å²) in [5, 5.41) is 3.15. The lowest BCUT2D eigenvalue weighted by Crippen LogP contribution is -2.11. The summed E-state index contributed by atoms with van der Waals surface area (Å²) in [5.74, 6) is 1.50. The van der Waals surface area contributed by atoms with Gasteiger partial charge in [0.1, 0.15) is 10.8 Å². The van der Waals surface area contributed by atoms with Gasteiger partial charge in [0.05, 0.1) is 28.6 Å². The Morgan fingerprint density at radius 1 is 1.30 bits per heavy atom. The van der Waals surface area contributed by atoms with Gasteiger partial charge in [-0.1, -0.05) is 19.1 Å². The summed E-state index contributed by atoms with van der Waals surface area (Å²) in [6.45, 7) is 4.24. The summed E-state index contributed by atoms with van der Waals surface area (Å²) in [4.78, 5) is 9.29. The van der Waals surface area contributed by atoms with E-state index in [9.17, 15) is 0 Å². The first-order valence-corrected chi connectivity index (χ1v) is 8.09. The molecular weight excluding hydrogens is 290 g/mol. The van der Waals surface area contributed by atoms with Crippen molar-refractivity contribution in [1.82, 2.24) is 14.5 Å². The molecule has 3 nitrogen and oxygen atoms in total. The largest absolute Gasteiger partial charge is 0.318 e. The van der Waals surface area contributed by atoms with Crippen LogP contribution in [0.1, 0.15) is 35.9 Å². The number of imidazole rings is 1. The number of aryl methyl sites for hydroxylation is 1. The molecule has 3 rings (SSSR count). The number of para-hydroxylation sites is 2. The first-order chi connectivity index (χ1) is 9.74. The van der Waals surface area contributed by atoms with Gasteiger partial charge in [0, 0.05) is 5.38 Å². The smallest absolute Gasteiger partial charge is 0.116 e. The minimum atomic E-state index is 0.226. The zero-order valence-corrected chi connectivity index (χ0v) is 13.1. The van der Waals surface area contributed by atoms with Crippen LogP contribution >= 0.6 is 22.9 Å². The van der Waals surface area contributed by atoms with Crippen molar-refractivity contribution in [2.45, 2.75) is 32.2 Å². The predicted octanol–water partition coefficient (Wildman–Crippen LogP) is 4.54. The quantitative estimate of drug-likeness (QED) is 0.663. The molecule has 0 radical (unpaired) electrons. The van der Waals surface area contributed by atoms with Crippen molar-refractivity contribution in [2.75, 3.05) is 0 Å². The van der Waals surface area contributed by atoms with E-state index in [1.165, 1.54) is 5.52 Å². The Hall–Kier alpha value is -1.39. The van der Waals surface area contributed by atoms with Crippen LogP contribution in [0.5, 0.6) is 0 Å². The lowest BCUT2D eigenvalue weighted by molar-refractivity contribution is 0.563. The SMILES string of the molecule is CCC(c1nc(CCl)cs1)n1c(C)nc2ccccc21. The van der Waals surface area contributed by atoms with Crippen LogP contribution in [0, 0.1) is 6.92 Å². The van der Waals surface area contributed by atoms with Gasteiger partial charge in [0.25, 0.3) is 0 Å². The Morgan fingerprint density at radius 3 is 2.80 bits per heavy atom. The summed E-state index contributed by atoms with van der Waals surface area (Å²) in [6, 6.07) is 8.48. The molecule has 0 N–H and O–H groups in total. The van der Waals surface area contributed by atoms with Crippen LogP contribution in [0.3, 0.4) is 0 Å². The maximum atomic E-state index is 5.86. The third-order valence-corrected chi connectivity index (χ3v) is 4.73. The summed E-state index contributed by atoms with van der Waals surface area (Å²) < 4.78 is 2.28. The highest BCUT2D eigenvalue weighted by molar-refractivity contribution is 7.09. The van der Waals surface area contributed by atoms with E-state index in [-0.39, 0.29) is 6.04 Å². The highest BCUT2D eigenvalue weighted by atomic mass is 35.5. The molecule has 0 fully saturated rings. The van der Waals surface area contributed by atoms with Gasteiger partial charge >= 0.3 is 0 Å². The Bertz CT molecular complexity index is 732. The summed E-state index contributed by atoms with van der Waals surface area (Å²) in [6.07, 6.45) is 0.983. The molecule has 2 aromatic heterocycles. The number of aromatic nitrogens is 3. The molecule has 1 atom stereocenters. The molecule has 3 aromatic rings. The fraction of sp³-hybridized carbons (Fsp3) is 0.333. The second-order valence-electron chi connectivity index (χ2n) is 4.75. The average Bonchev–Trinajstić information content (AvgIpc) is 3.05. The van der Waals surface area contributed by atoms with Gasteiger partial charge in [-0.25, -0.2) is 9.97 Å². The molecule has 5 heteroatoms. The van der Waals surface area contributed by atoms with Gasteiger partial charge in [-0.2, -0.15) is 0 Å². The van der Waals surface area contributed by atoms with Crippen molar-refractivity contribution in [3.63, 3.8) is 0 Å². The van der Waals surface area contributed by atoms with E-state index in [0.29, 0.717) is 5.88 Å². The maximum Gasteiger partial charge on any atom is 0.116 e. The van der Waals surface area contributed by atoms with Crippen LogP contribution < -0.4 is 0 Å². The zero-order chi connectivity index (χ0) is 14.1. The zero-order valence-electron chi connectivity index (χ0n) is 11.5. The molecule has 2 heterocycles. The molecule has 104 valence electrons. The van der Waals surface area contributed by atoms with Crippen LogP contribution in [0.15, 0.2) is 29.6 Å². The molecule has 0 aliphatic heterocycles. The van der Waals surface area contributed by atoms with Gasteiger partial charge in [-0.3, -0.25) is 0 Å². The normalized spacial score (nSPS) is 12.9. The molecule has 0 bridgehead atoms. The lowest BCUT2D eigenvalue weighted by atomic mass is 10.2. The van der Waals surface area contributed by atoms with Crippen LogP contribution in [-0.4, -0.2) is 14.5 Å². The molecule has 0 spiro atoms. The fourth-order valence-corrected chi connectivity index (χ4v) is 3.78. The molecular formula is C15H16ClN3S. The number of nitrogens with zero attached hydrogens (tertiary/aromatic N) is 3. The summed E-state index contributed by atoms with van der Waals surface area (Å²) >= 11 is 7.54. The van der Waals surface area contributed by atoms with E-state index >= 15 is 0 Å². The second-order valence-corrected chi connectivity index (χ2v) is 5.91. The first-order valence-electron chi connectivity index (χ1n) is 6.68. The maximum absolute atomic E-state index is 5.86. The van der Waals surface area contributed by atoms with E-state index in [1.807, 2.05) is 11.4 Å². The molecule has 1 unspecified atom stereocenters. The van der Waals surface area contributed by atoms with E-state index in [0.717, 1.165) is 28.5 Å². The van der Waals surface area contributed by atoms with Crippen LogP contribution in [-0.2, 0) is 5.88 Å². The highest BCUT2D eigenvalue weighted by Gasteiger charge is 2.20. The number of thiazole rings is 1. The van der Waals surface area contributed by atoms with Gasteiger partial charge in [0.15, 0.2) is 0 Å². The molecule has 0 saturated carbocycles. The van der Waals surface area contributed by atoms with Crippen molar-refractivity contribution in [2.24, 2.45) is 0 Å². The van der Waals surface area contributed by atoms with Gasteiger partial charge < -0.3 is 4.57 Å². The molecule has 1 aromatic carbocycles. The van der Waals surface area contributed by atoms with Crippen molar-refractivity contribution < 1.29 is 0 Å². The van der Waals surface area contributed by atoms with Crippen molar-refractivity contribution in [1.29, 1.82) is 0 Å². The van der Waals surface area contributed by atoms with E-state index in [4.69, 9.17) is 11.6 Å². The first kappa shape index (κ1) is 13.6. The monoisotopic (exact) mass is 305 g/mol. The Labute approximate surface area is 127 Å². The van der Waals surface area contributed by atoms with E-state index in [1.54, 1.807) is 11.3 Å². The number of halogens is 1. The molecule has 20 heavy (non-hydrogen) atoms. The van der Waals surface area contributed by atoms with Crippen LogP contribution in [0.25, 0.3) is 11.0 Å². The molecule has 0 saturated heterocycles. The average molecular weight is 306 g/mol. The van der Waals surface area contributed by atoms with Gasteiger partial charge in [0.2, 0.25) is 0 Å². The van der Waals surface area contributed by atoms with Gasteiger partial charge in [-0.15, -0.1) is 22.9 Å². The van der Waals surface area contributed by atoms with Gasteiger partial charge in [-0.05, 0) is 25.5 Å². The Kier molecular flexibility index (Phi) is 3.76. The minimum absolute atomic E-state index is 0.226. The minimum Gasteiger partial charge on any atom is -0.318 e. The third kappa shape index (κ3) is 2.23. The lowest BCUT2D eigenvalue weighted by Gasteiger charge is -2.17. The standard InChI is InChI=1S/C15H16ClN3S/c1-3-13(15-18-11(8-16)9-20-15)19-10(2)17-12-6-4-5-7-14(12)19/h4-7,9,13H,3,8H2,1-2H3.